The Morgan fingerprint density at radius 1 is 1.12 bits per heavy atom. The Bertz CT molecular complexity index is 1000. The van der Waals surface area contributed by atoms with Gasteiger partial charge in [-0.2, -0.15) is 0 Å². The van der Waals surface area contributed by atoms with Gasteiger partial charge in [0.05, 0.1) is 12.1 Å². The van der Waals surface area contributed by atoms with Gasteiger partial charge < -0.3 is 20.1 Å². The van der Waals surface area contributed by atoms with Crippen LogP contribution >= 0.6 is 0 Å². The minimum Gasteiger partial charge on any atom is -0.481 e. The number of carbonyl (C=O) groups is 3. The van der Waals surface area contributed by atoms with Crippen LogP contribution in [0.4, 0.5) is 10.5 Å². The highest BCUT2D eigenvalue weighted by molar-refractivity contribution is 5.94. The summed E-state index contributed by atoms with van der Waals surface area (Å²) in [6.07, 6.45) is 0.451. The number of hydrogen-bond donors (Lipinski definition) is 2. The van der Waals surface area contributed by atoms with Crippen molar-refractivity contribution in [3.05, 3.63) is 53.6 Å². The molecule has 0 saturated carbocycles. The maximum absolute atomic E-state index is 12.3. The zero-order valence-corrected chi connectivity index (χ0v) is 18.9. The van der Waals surface area contributed by atoms with Gasteiger partial charge in [0.25, 0.3) is 0 Å². The highest BCUT2D eigenvalue weighted by Crippen LogP contribution is 2.39. The first-order valence-electron chi connectivity index (χ1n) is 10.9. The van der Waals surface area contributed by atoms with Crippen LogP contribution in [0.5, 0.6) is 0 Å². The van der Waals surface area contributed by atoms with E-state index in [1.165, 1.54) is 0 Å². The van der Waals surface area contributed by atoms with Gasteiger partial charge in [-0.05, 0) is 68.0 Å². The van der Waals surface area contributed by atoms with E-state index in [1.807, 2.05) is 49.4 Å². The van der Waals surface area contributed by atoms with Gasteiger partial charge in [-0.15, -0.1) is 0 Å². The fraction of sp³-hybridized carbons (Fsp3) is 0.400. The summed E-state index contributed by atoms with van der Waals surface area (Å²) in [5.41, 5.74) is 4.54. The molecule has 0 saturated heterocycles. The number of nitrogens with zero attached hydrogens (tertiary/aromatic N) is 1. The fourth-order valence-corrected chi connectivity index (χ4v) is 4.17. The maximum atomic E-state index is 12.3. The molecule has 2 atom stereocenters. The second-order valence-corrected chi connectivity index (χ2v) is 8.49. The molecule has 2 aromatic carbocycles. The van der Waals surface area contributed by atoms with Crippen molar-refractivity contribution in [1.82, 2.24) is 5.32 Å². The zero-order chi connectivity index (χ0) is 23.4. The molecule has 0 unspecified atom stereocenters. The van der Waals surface area contributed by atoms with Crippen LogP contribution in [-0.4, -0.2) is 35.2 Å². The molecule has 0 bridgehead atoms. The van der Waals surface area contributed by atoms with Crippen molar-refractivity contribution in [3.63, 3.8) is 0 Å². The molecule has 7 heteroatoms. The summed E-state index contributed by atoms with van der Waals surface area (Å²) in [7, 11) is 0. The first kappa shape index (κ1) is 23.3. The molecular formula is C25H30N2O5. The Labute approximate surface area is 188 Å². The van der Waals surface area contributed by atoms with Gasteiger partial charge >= 0.3 is 12.1 Å². The van der Waals surface area contributed by atoms with Gasteiger partial charge in [0, 0.05) is 25.1 Å². The first-order valence-corrected chi connectivity index (χ1v) is 10.9. The zero-order valence-electron chi connectivity index (χ0n) is 18.9. The second kappa shape index (κ2) is 9.85. The van der Waals surface area contributed by atoms with Crippen molar-refractivity contribution in [3.8, 4) is 11.1 Å². The van der Waals surface area contributed by atoms with E-state index in [-0.39, 0.29) is 30.5 Å². The van der Waals surface area contributed by atoms with Crippen LogP contribution in [0.15, 0.2) is 42.5 Å². The minimum atomic E-state index is -0.817. The van der Waals surface area contributed by atoms with Gasteiger partial charge in [0.1, 0.15) is 0 Å². The van der Waals surface area contributed by atoms with Crippen molar-refractivity contribution < 1.29 is 24.2 Å². The van der Waals surface area contributed by atoms with E-state index in [2.05, 4.69) is 5.32 Å². The number of aryl methyl sites for hydroxylation is 1. The van der Waals surface area contributed by atoms with Crippen molar-refractivity contribution in [2.75, 3.05) is 4.90 Å². The van der Waals surface area contributed by atoms with Gasteiger partial charge in [-0.25, -0.2) is 4.79 Å². The Balaban J connectivity index is 1.93. The van der Waals surface area contributed by atoms with Gasteiger partial charge in [0.2, 0.25) is 5.91 Å². The summed E-state index contributed by atoms with van der Waals surface area (Å²) in [6, 6.07) is 13.3. The molecule has 32 heavy (non-hydrogen) atoms. The molecule has 2 amide bonds. The lowest BCUT2D eigenvalue weighted by atomic mass is 9.89. The molecule has 0 fully saturated rings. The number of amides is 2. The maximum Gasteiger partial charge on any atom is 0.407 e. The number of ether oxygens (including phenoxy) is 1. The fourth-order valence-electron chi connectivity index (χ4n) is 4.17. The molecule has 0 radical (unpaired) electrons. The third-order valence-corrected chi connectivity index (χ3v) is 5.57. The van der Waals surface area contributed by atoms with Crippen LogP contribution in [0.3, 0.4) is 0 Å². The molecule has 170 valence electrons. The predicted molar refractivity (Wildman–Crippen MR) is 123 cm³/mol. The summed E-state index contributed by atoms with van der Waals surface area (Å²) >= 11 is 0. The molecule has 1 aliphatic rings. The van der Waals surface area contributed by atoms with Crippen molar-refractivity contribution in [1.29, 1.82) is 0 Å². The predicted octanol–water partition coefficient (Wildman–Crippen LogP) is 4.69. The Morgan fingerprint density at radius 3 is 2.38 bits per heavy atom. The van der Waals surface area contributed by atoms with Crippen LogP contribution in [0.25, 0.3) is 11.1 Å². The lowest BCUT2D eigenvalue weighted by Crippen LogP contribution is -2.45. The normalized spacial score (nSPS) is 17.6. The molecule has 2 aromatic rings. The van der Waals surface area contributed by atoms with Crippen LogP contribution in [0.1, 0.15) is 57.7 Å². The largest absolute Gasteiger partial charge is 0.481 e. The number of carboxylic acid groups (broad SMARTS) is 1. The minimum absolute atomic E-state index is 0.0440. The number of fused-ring (bicyclic) bond motifs is 1. The topological polar surface area (TPSA) is 95.9 Å². The quantitative estimate of drug-likeness (QED) is 0.682. The molecule has 0 aliphatic carbocycles. The molecule has 2 N–H and O–H groups in total. The van der Waals surface area contributed by atoms with Gasteiger partial charge in [0.15, 0.2) is 0 Å². The Hall–Kier alpha value is -3.35. The van der Waals surface area contributed by atoms with E-state index in [4.69, 9.17) is 9.84 Å². The highest BCUT2D eigenvalue weighted by Gasteiger charge is 2.33. The number of aliphatic carboxylic acids is 1. The smallest absolute Gasteiger partial charge is 0.407 e. The van der Waals surface area contributed by atoms with E-state index in [0.29, 0.717) is 12.8 Å². The molecule has 1 heterocycles. The third-order valence-electron chi connectivity index (χ3n) is 5.57. The summed E-state index contributed by atoms with van der Waals surface area (Å²) in [5, 5.41) is 11.8. The average molecular weight is 439 g/mol. The lowest BCUT2D eigenvalue weighted by molar-refractivity contribution is -0.137. The van der Waals surface area contributed by atoms with E-state index in [9.17, 15) is 14.4 Å². The molecule has 1 aliphatic heterocycles. The molecular weight excluding hydrogens is 408 g/mol. The summed E-state index contributed by atoms with van der Waals surface area (Å²) in [5.74, 6) is -0.861. The third kappa shape index (κ3) is 5.46. The number of rotatable bonds is 6. The van der Waals surface area contributed by atoms with Crippen LogP contribution in [0.2, 0.25) is 0 Å². The summed E-state index contributed by atoms with van der Waals surface area (Å²) in [6.45, 7) is 7.11. The second-order valence-electron chi connectivity index (χ2n) is 8.49. The van der Waals surface area contributed by atoms with Crippen LogP contribution in [-0.2, 0) is 20.7 Å². The number of nitrogens with one attached hydrogen (secondary N) is 1. The number of carboxylic acids is 1. The average Bonchev–Trinajstić information content (AvgIpc) is 2.71. The van der Waals surface area contributed by atoms with Crippen molar-refractivity contribution in [2.45, 2.75) is 65.1 Å². The van der Waals surface area contributed by atoms with E-state index >= 15 is 0 Å². The Kier molecular flexibility index (Phi) is 7.18. The van der Waals surface area contributed by atoms with Gasteiger partial charge in [-0.3, -0.25) is 9.59 Å². The van der Waals surface area contributed by atoms with E-state index < -0.39 is 12.1 Å². The Morgan fingerprint density at radius 2 is 1.78 bits per heavy atom. The van der Waals surface area contributed by atoms with E-state index in [0.717, 1.165) is 27.9 Å². The SMILES string of the molecule is CC(=O)N1c2ccc(-c3ccc(CCC(=O)O)cc3)cc2[C@H](NC(=O)OC(C)C)C[C@@H]1C. The number of carbonyl (C=O) groups excluding carboxylic acids is 2. The number of alkyl carbamates (subject to hydrolysis) is 1. The lowest BCUT2D eigenvalue weighted by Gasteiger charge is -2.39. The van der Waals surface area contributed by atoms with Crippen LogP contribution in [0, 0.1) is 0 Å². The molecule has 3 rings (SSSR count). The number of hydrogen-bond acceptors (Lipinski definition) is 4. The summed E-state index contributed by atoms with van der Waals surface area (Å²) in [4.78, 5) is 37.2. The summed E-state index contributed by atoms with van der Waals surface area (Å²) < 4.78 is 5.27. The number of anilines is 1. The monoisotopic (exact) mass is 438 g/mol. The van der Waals surface area contributed by atoms with Crippen molar-refractivity contribution >= 4 is 23.7 Å². The van der Waals surface area contributed by atoms with Gasteiger partial charge in [-0.1, -0.05) is 30.3 Å². The van der Waals surface area contributed by atoms with E-state index in [1.54, 1.807) is 25.7 Å². The first-order chi connectivity index (χ1) is 15.2. The highest BCUT2D eigenvalue weighted by atomic mass is 16.6. The van der Waals surface area contributed by atoms with Crippen molar-refractivity contribution in [2.24, 2.45) is 0 Å². The molecule has 0 aromatic heterocycles. The van der Waals surface area contributed by atoms with Crippen LogP contribution < -0.4 is 10.2 Å². The standard InChI is InChI=1S/C25H30N2O5/c1-15(2)32-25(31)26-22-13-16(3)27(17(4)28)23-11-10-20(14-21(22)23)19-8-5-18(6-9-19)7-12-24(29)30/h5-6,8-11,14-16,22H,7,12-13H2,1-4H3,(H,26,31)(H,29,30)/t16-,22+/m0/s1. The number of benzene rings is 2. The molecule has 7 nitrogen and oxygen atoms in total. The molecule has 0 spiro atoms.